The van der Waals surface area contributed by atoms with Crippen LogP contribution in [0.15, 0.2) is 94.2 Å². The van der Waals surface area contributed by atoms with E-state index in [1.54, 1.807) is 26.2 Å². The van der Waals surface area contributed by atoms with E-state index < -0.39 is 21.7 Å². The molecule has 1 heterocycles. The van der Waals surface area contributed by atoms with E-state index in [-0.39, 0.29) is 46.6 Å². The monoisotopic (exact) mass is 588 g/mol. The summed E-state index contributed by atoms with van der Waals surface area (Å²) in [6.45, 7) is 1.47. The molecule has 42 heavy (non-hydrogen) atoms. The number of ether oxygens (including phenoxy) is 2. The smallest absolute Gasteiger partial charge is 0.337 e. The summed E-state index contributed by atoms with van der Waals surface area (Å²) >= 11 is 0. The number of carbonyl (C=O) groups excluding carboxylic acids is 2. The number of hydrogen-bond acceptors (Lipinski definition) is 9. The molecule has 9 nitrogen and oxygen atoms in total. The van der Waals surface area contributed by atoms with E-state index in [2.05, 4.69) is 5.32 Å². The SMILES string of the molecule is COc1ccccc1C1CC(=O)C2=C(C1)NC(C)=C(C(=O)OCc1cc(S(C)(=O)=O)ccc1N)C2c1cccc(O)c1. The Labute approximate surface area is 244 Å². The number of sulfone groups is 1. The van der Waals surface area contributed by atoms with Crippen molar-refractivity contribution in [2.24, 2.45) is 0 Å². The highest BCUT2D eigenvalue weighted by Gasteiger charge is 2.42. The summed E-state index contributed by atoms with van der Waals surface area (Å²) in [7, 11) is -1.90. The van der Waals surface area contributed by atoms with Crippen LogP contribution in [0, 0.1) is 0 Å². The van der Waals surface area contributed by atoms with E-state index in [0.717, 1.165) is 11.8 Å². The van der Waals surface area contributed by atoms with Crippen LogP contribution < -0.4 is 15.8 Å². The van der Waals surface area contributed by atoms with Gasteiger partial charge < -0.3 is 25.6 Å². The maximum atomic E-state index is 13.9. The quantitative estimate of drug-likeness (QED) is 0.268. The molecule has 0 aromatic heterocycles. The van der Waals surface area contributed by atoms with Crippen LogP contribution in [-0.2, 0) is 30.8 Å². The zero-order valence-electron chi connectivity index (χ0n) is 23.5. The largest absolute Gasteiger partial charge is 0.508 e. The molecule has 4 N–H and O–H groups in total. The van der Waals surface area contributed by atoms with Crippen LogP contribution in [0.25, 0.3) is 0 Å². The van der Waals surface area contributed by atoms with Crippen molar-refractivity contribution in [3.05, 3.63) is 106 Å². The predicted molar refractivity (Wildman–Crippen MR) is 157 cm³/mol. The molecule has 2 unspecified atom stereocenters. The lowest BCUT2D eigenvalue weighted by atomic mass is 9.71. The number of benzene rings is 3. The molecule has 0 amide bonds. The average molecular weight is 589 g/mol. The van der Waals surface area contributed by atoms with Crippen LogP contribution in [0.2, 0.25) is 0 Å². The molecule has 2 atom stereocenters. The van der Waals surface area contributed by atoms with Crippen molar-refractivity contribution in [3.8, 4) is 11.5 Å². The standard InChI is InChI=1S/C32H32N2O7S/c1-18-29(32(37)41-17-21-14-23(42(3,38)39)11-12-25(21)33)30(19-7-6-8-22(35)13-19)31-26(34-18)15-20(16-27(31)36)24-9-4-5-10-28(24)40-2/h4-14,20,30,34-35H,15-17,33H2,1-3H3. The first-order valence-corrected chi connectivity index (χ1v) is 15.3. The fourth-order valence-corrected chi connectivity index (χ4v) is 6.40. The number of nitrogen functional groups attached to an aromatic ring is 1. The number of phenols is 1. The zero-order chi connectivity index (χ0) is 30.2. The second kappa shape index (κ2) is 11.4. The molecule has 2 aliphatic rings. The third kappa shape index (κ3) is 5.62. The van der Waals surface area contributed by atoms with Crippen LogP contribution in [0.1, 0.15) is 48.3 Å². The van der Waals surface area contributed by atoms with E-state index in [4.69, 9.17) is 15.2 Å². The highest BCUT2D eigenvalue weighted by atomic mass is 32.2. The van der Waals surface area contributed by atoms with Crippen molar-refractivity contribution >= 4 is 27.3 Å². The minimum atomic E-state index is -3.50. The van der Waals surface area contributed by atoms with Gasteiger partial charge in [0.25, 0.3) is 0 Å². The van der Waals surface area contributed by atoms with E-state index in [1.807, 2.05) is 24.3 Å². The number of hydrogen-bond donors (Lipinski definition) is 3. The Morgan fingerprint density at radius 1 is 1.07 bits per heavy atom. The first kappa shape index (κ1) is 28.9. The summed E-state index contributed by atoms with van der Waals surface area (Å²) in [4.78, 5) is 27.6. The second-order valence-corrected chi connectivity index (χ2v) is 12.6. The lowest BCUT2D eigenvalue weighted by molar-refractivity contribution is -0.140. The van der Waals surface area contributed by atoms with Crippen molar-refractivity contribution in [2.45, 2.75) is 43.1 Å². The lowest BCUT2D eigenvalue weighted by Gasteiger charge is -2.37. The Morgan fingerprint density at radius 2 is 1.83 bits per heavy atom. The normalized spacial score (nSPS) is 18.8. The molecule has 0 bridgehead atoms. The number of Topliss-reactive ketones (excluding diaryl/α,β-unsaturated/α-hetero) is 1. The van der Waals surface area contributed by atoms with E-state index in [1.165, 1.54) is 30.3 Å². The maximum Gasteiger partial charge on any atom is 0.337 e. The summed E-state index contributed by atoms with van der Waals surface area (Å²) in [5.74, 6) is -1.03. The topological polar surface area (TPSA) is 145 Å². The molecule has 0 spiro atoms. The molecule has 5 rings (SSSR count). The van der Waals surface area contributed by atoms with Gasteiger partial charge in [-0.25, -0.2) is 13.2 Å². The number of dihydropyridines is 1. The molecule has 1 aliphatic carbocycles. The van der Waals surface area contributed by atoms with Gasteiger partial charge in [0.2, 0.25) is 0 Å². The number of phenolic OH excluding ortho intramolecular Hbond substituents is 1. The average Bonchev–Trinajstić information content (AvgIpc) is 2.95. The molecule has 0 saturated carbocycles. The third-order valence-corrected chi connectivity index (χ3v) is 8.84. The summed E-state index contributed by atoms with van der Waals surface area (Å²) in [6, 6.07) is 18.3. The van der Waals surface area contributed by atoms with Gasteiger partial charge in [-0.15, -0.1) is 0 Å². The van der Waals surface area contributed by atoms with Gasteiger partial charge >= 0.3 is 5.97 Å². The number of para-hydroxylation sites is 1. The first-order chi connectivity index (χ1) is 20.0. The maximum absolute atomic E-state index is 13.9. The molecule has 3 aromatic carbocycles. The van der Waals surface area contributed by atoms with Crippen molar-refractivity contribution in [1.82, 2.24) is 5.32 Å². The van der Waals surface area contributed by atoms with Crippen LogP contribution >= 0.6 is 0 Å². The number of esters is 1. The minimum Gasteiger partial charge on any atom is -0.508 e. The Bertz CT molecular complexity index is 1760. The molecule has 0 radical (unpaired) electrons. The number of anilines is 1. The molecule has 0 saturated heterocycles. The van der Waals surface area contributed by atoms with Crippen LogP contribution in [0.3, 0.4) is 0 Å². The summed E-state index contributed by atoms with van der Waals surface area (Å²) in [5.41, 5.74) is 10.1. The van der Waals surface area contributed by atoms with Crippen molar-refractivity contribution in [1.29, 1.82) is 0 Å². The van der Waals surface area contributed by atoms with Gasteiger partial charge in [-0.2, -0.15) is 0 Å². The Hall–Kier alpha value is -4.57. The lowest BCUT2D eigenvalue weighted by Crippen LogP contribution is -2.36. The molecule has 0 fully saturated rings. The van der Waals surface area contributed by atoms with Gasteiger partial charge in [0.1, 0.15) is 18.1 Å². The Balaban J connectivity index is 1.51. The van der Waals surface area contributed by atoms with Crippen LogP contribution in [0.4, 0.5) is 5.69 Å². The fourth-order valence-electron chi connectivity index (χ4n) is 5.73. The predicted octanol–water partition coefficient (Wildman–Crippen LogP) is 4.49. The highest BCUT2D eigenvalue weighted by molar-refractivity contribution is 7.90. The second-order valence-electron chi connectivity index (χ2n) is 10.6. The van der Waals surface area contributed by atoms with E-state index >= 15 is 0 Å². The number of nitrogens with two attached hydrogens (primary N) is 1. The van der Waals surface area contributed by atoms with E-state index in [0.29, 0.717) is 40.3 Å². The van der Waals surface area contributed by atoms with Gasteiger partial charge in [0.05, 0.1) is 17.6 Å². The summed E-state index contributed by atoms with van der Waals surface area (Å²) in [6.07, 6.45) is 1.82. The Morgan fingerprint density at radius 3 is 2.55 bits per heavy atom. The zero-order valence-corrected chi connectivity index (χ0v) is 24.3. The third-order valence-electron chi connectivity index (χ3n) is 7.73. The van der Waals surface area contributed by atoms with E-state index in [9.17, 15) is 23.1 Å². The number of nitrogens with one attached hydrogen (secondary N) is 1. The number of ketones is 1. The molecule has 218 valence electrons. The fraction of sp³-hybridized carbons (Fsp3) is 0.250. The number of rotatable bonds is 7. The van der Waals surface area contributed by atoms with Crippen molar-refractivity contribution in [2.75, 3.05) is 19.1 Å². The van der Waals surface area contributed by atoms with Gasteiger partial charge in [-0.1, -0.05) is 30.3 Å². The molecule has 10 heteroatoms. The number of methoxy groups -OCH3 is 1. The first-order valence-electron chi connectivity index (χ1n) is 13.4. The van der Waals surface area contributed by atoms with Crippen molar-refractivity contribution < 1.29 is 32.6 Å². The highest BCUT2D eigenvalue weighted by Crippen LogP contribution is 2.47. The van der Waals surface area contributed by atoms with Crippen LogP contribution in [0.5, 0.6) is 11.5 Å². The number of aromatic hydroxyl groups is 1. The molecule has 1 aliphatic heterocycles. The number of carbonyl (C=O) groups is 2. The van der Waals surface area contributed by atoms with Gasteiger partial charge in [0, 0.05) is 52.7 Å². The molecular formula is C32H32N2O7S. The van der Waals surface area contributed by atoms with Crippen molar-refractivity contribution in [3.63, 3.8) is 0 Å². The summed E-state index contributed by atoms with van der Waals surface area (Å²) < 4.78 is 35.3. The molecule has 3 aromatic rings. The minimum absolute atomic E-state index is 0.000858. The van der Waals surface area contributed by atoms with Gasteiger partial charge in [-0.3, -0.25) is 4.79 Å². The number of allylic oxidation sites excluding steroid dienone is 3. The van der Waals surface area contributed by atoms with Gasteiger partial charge in [0.15, 0.2) is 15.6 Å². The van der Waals surface area contributed by atoms with Gasteiger partial charge in [-0.05, 0) is 60.9 Å². The Kier molecular flexibility index (Phi) is 7.83. The molecular weight excluding hydrogens is 556 g/mol. The van der Waals surface area contributed by atoms with Crippen LogP contribution in [-0.4, -0.2) is 38.6 Å². The summed E-state index contributed by atoms with van der Waals surface area (Å²) in [5, 5.41) is 13.6.